The maximum Gasteiger partial charge on any atom is 0.306 e. The second-order valence-corrected chi connectivity index (χ2v) is 9.79. The van der Waals surface area contributed by atoms with E-state index in [1.165, 1.54) is 6.26 Å². The standard InChI is InChI=1S/C27H41NO10/c1-4-34-20(30)8-7-17-14-18-9-12-35-24(18)26(36-13-11-28-10-5-6-16(2)3)25(17)38-27-23(33)22(32)21(31)19(15-29)37-27/h9,12,14,16,19,21-23,27-29,31-33H,4-8,10-11,13,15H2,1-3H3. The molecule has 1 aliphatic heterocycles. The monoisotopic (exact) mass is 539 g/mol. The molecule has 1 aliphatic rings. The van der Waals surface area contributed by atoms with E-state index in [1.54, 1.807) is 19.1 Å². The fourth-order valence-corrected chi connectivity index (χ4v) is 4.30. The number of fused-ring (bicyclic) bond motifs is 1. The Bertz CT molecular complexity index is 1010. The molecule has 214 valence electrons. The third-order valence-corrected chi connectivity index (χ3v) is 6.38. The molecule has 0 saturated carbocycles. The highest BCUT2D eigenvalue weighted by Gasteiger charge is 2.45. The number of ether oxygens (including phenoxy) is 4. The first kappa shape index (κ1) is 30.1. The van der Waals surface area contributed by atoms with Crippen LogP contribution in [0.4, 0.5) is 0 Å². The molecule has 5 N–H and O–H groups in total. The van der Waals surface area contributed by atoms with Crippen LogP contribution in [-0.4, -0.2) is 90.0 Å². The van der Waals surface area contributed by atoms with Crippen molar-refractivity contribution in [3.8, 4) is 11.5 Å². The van der Waals surface area contributed by atoms with E-state index in [0.717, 1.165) is 24.8 Å². The van der Waals surface area contributed by atoms with E-state index in [1.807, 2.05) is 0 Å². The molecule has 2 aromatic rings. The number of hydrogen-bond acceptors (Lipinski definition) is 11. The van der Waals surface area contributed by atoms with Crippen LogP contribution in [0.25, 0.3) is 11.0 Å². The molecular weight excluding hydrogens is 498 g/mol. The second kappa shape index (κ2) is 14.7. The number of esters is 1. The lowest BCUT2D eigenvalue weighted by Gasteiger charge is -2.39. The van der Waals surface area contributed by atoms with Crippen LogP contribution in [0.2, 0.25) is 0 Å². The van der Waals surface area contributed by atoms with Crippen molar-refractivity contribution >= 4 is 16.9 Å². The van der Waals surface area contributed by atoms with Crippen LogP contribution >= 0.6 is 0 Å². The maximum absolute atomic E-state index is 12.1. The number of carbonyl (C=O) groups is 1. The van der Waals surface area contributed by atoms with E-state index in [4.69, 9.17) is 23.4 Å². The van der Waals surface area contributed by atoms with Crippen LogP contribution in [-0.2, 0) is 20.7 Å². The van der Waals surface area contributed by atoms with E-state index in [0.29, 0.717) is 23.6 Å². The van der Waals surface area contributed by atoms with Crippen LogP contribution in [0.5, 0.6) is 11.5 Å². The number of rotatable bonds is 15. The summed E-state index contributed by atoms with van der Waals surface area (Å²) in [5.74, 6) is 0.680. The minimum absolute atomic E-state index is 0.0685. The van der Waals surface area contributed by atoms with Crippen molar-refractivity contribution in [2.45, 2.75) is 77.2 Å². The lowest BCUT2D eigenvalue weighted by molar-refractivity contribution is -0.277. The van der Waals surface area contributed by atoms with Gasteiger partial charge in [0.05, 0.1) is 19.5 Å². The van der Waals surface area contributed by atoms with Crippen molar-refractivity contribution in [3.63, 3.8) is 0 Å². The Hall–Kier alpha value is -2.41. The van der Waals surface area contributed by atoms with E-state index >= 15 is 0 Å². The Morgan fingerprint density at radius 1 is 1.13 bits per heavy atom. The summed E-state index contributed by atoms with van der Waals surface area (Å²) < 4.78 is 28.5. The largest absolute Gasteiger partial charge is 0.485 e. The van der Waals surface area contributed by atoms with Gasteiger partial charge in [0, 0.05) is 18.4 Å². The van der Waals surface area contributed by atoms with Crippen LogP contribution < -0.4 is 14.8 Å². The van der Waals surface area contributed by atoms with E-state index in [2.05, 4.69) is 19.2 Å². The number of aliphatic hydroxyl groups is 4. The van der Waals surface area contributed by atoms with Crippen molar-refractivity contribution in [2.24, 2.45) is 5.92 Å². The molecule has 1 fully saturated rings. The SMILES string of the molecule is CCOC(=O)CCc1cc2ccoc2c(OCCNCCCC(C)C)c1OC1OC(CO)C(O)C(O)C1O. The van der Waals surface area contributed by atoms with Gasteiger partial charge in [0.25, 0.3) is 0 Å². The number of hydrogen-bond donors (Lipinski definition) is 5. The Labute approximate surface area is 222 Å². The average Bonchev–Trinajstić information content (AvgIpc) is 3.36. The molecule has 1 aromatic heterocycles. The van der Waals surface area contributed by atoms with Crippen LogP contribution in [0, 0.1) is 5.92 Å². The molecule has 5 unspecified atom stereocenters. The van der Waals surface area contributed by atoms with Crippen molar-refractivity contribution in [2.75, 3.05) is 32.9 Å². The number of nitrogens with one attached hydrogen (secondary N) is 1. The van der Waals surface area contributed by atoms with Crippen LogP contribution in [0.15, 0.2) is 22.8 Å². The highest BCUT2D eigenvalue weighted by molar-refractivity contribution is 5.87. The van der Waals surface area contributed by atoms with Gasteiger partial charge in [-0.15, -0.1) is 0 Å². The molecule has 38 heavy (non-hydrogen) atoms. The van der Waals surface area contributed by atoms with Crippen molar-refractivity contribution in [1.82, 2.24) is 5.32 Å². The predicted octanol–water partition coefficient (Wildman–Crippen LogP) is 1.51. The fraction of sp³-hybridized carbons (Fsp3) is 0.667. The van der Waals surface area contributed by atoms with E-state index in [-0.39, 0.29) is 43.5 Å². The summed E-state index contributed by atoms with van der Waals surface area (Å²) in [5, 5.41) is 44.6. The van der Waals surface area contributed by atoms with Crippen molar-refractivity contribution in [1.29, 1.82) is 0 Å². The molecule has 1 aromatic carbocycles. The molecule has 0 spiro atoms. The quantitative estimate of drug-likeness (QED) is 0.165. The number of aryl methyl sites for hydroxylation is 1. The second-order valence-electron chi connectivity index (χ2n) is 9.79. The van der Waals surface area contributed by atoms with Crippen molar-refractivity contribution in [3.05, 3.63) is 24.0 Å². The summed E-state index contributed by atoms with van der Waals surface area (Å²) >= 11 is 0. The van der Waals surface area contributed by atoms with Gasteiger partial charge in [-0.2, -0.15) is 0 Å². The summed E-state index contributed by atoms with van der Waals surface area (Å²) in [4.78, 5) is 12.1. The Balaban J connectivity index is 1.86. The smallest absolute Gasteiger partial charge is 0.306 e. The molecule has 0 amide bonds. The number of benzene rings is 1. The van der Waals surface area contributed by atoms with Gasteiger partial charge in [0.1, 0.15) is 31.0 Å². The average molecular weight is 540 g/mol. The molecule has 0 aliphatic carbocycles. The van der Waals surface area contributed by atoms with Gasteiger partial charge in [-0.1, -0.05) is 13.8 Å². The summed E-state index contributed by atoms with van der Waals surface area (Å²) in [5.41, 5.74) is 0.980. The van der Waals surface area contributed by atoms with Gasteiger partial charge >= 0.3 is 5.97 Å². The zero-order valence-electron chi connectivity index (χ0n) is 22.3. The predicted molar refractivity (Wildman–Crippen MR) is 138 cm³/mol. The maximum atomic E-state index is 12.1. The minimum Gasteiger partial charge on any atom is -0.485 e. The van der Waals surface area contributed by atoms with Crippen LogP contribution in [0.1, 0.15) is 45.6 Å². The zero-order valence-corrected chi connectivity index (χ0v) is 22.3. The Kier molecular flexibility index (Phi) is 11.6. The number of carbonyl (C=O) groups excluding carboxylic acids is 1. The number of furan rings is 1. The number of aliphatic hydroxyl groups excluding tert-OH is 4. The molecule has 11 nitrogen and oxygen atoms in total. The molecule has 5 atom stereocenters. The molecule has 2 heterocycles. The summed E-state index contributed by atoms with van der Waals surface area (Å²) in [7, 11) is 0. The summed E-state index contributed by atoms with van der Waals surface area (Å²) in [6.45, 7) is 7.46. The normalized spacial score (nSPS) is 23.6. The Morgan fingerprint density at radius 3 is 2.63 bits per heavy atom. The summed E-state index contributed by atoms with van der Waals surface area (Å²) in [6.07, 6.45) is -3.35. The van der Waals surface area contributed by atoms with Gasteiger partial charge in [0.2, 0.25) is 12.0 Å². The first-order valence-corrected chi connectivity index (χ1v) is 13.3. The molecule has 0 radical (unpaired) electrons. The van der Waals surface area contributed by atoms with Crippen LogP contribution in [0.3, 0.4) is 0 Å². The molecule has 1 saturated heterocycles. The lowest BCUT2D eigenvalue weighted by Crippen LogP contribution is -2.60. The van der Waals surface area contributed by atoms with Crippen molar-refractivity contribution < 1.29 is 48.6 Å². The lowest BCUT2D eigenvalue weighted by atomic mass is 9.99. The molecular formula is C27H41NO10. The van der Waals surface area contributed by atoms with Gasteiger partial charge in [-0.05, 0) is 56.3 Å². The molecule has 3 rings (SSSR count). The molecule has 11 heteroatoms. The topological polar surface area (TPSA) is 160 Å². The third-order valence-electron chi connectivity index (χ3n) is 6.38. The highest BCUT2D eigenvalue weighted by Crippen LogP contribution is 2.42. The van der Waals surface area contributed by atoms with Gasteiger partial charge in [0.15, 0.2) is 11.3 Å². The van der Waals surface area contributed by atoms with Gasteiger partial charge in [-0.25, -0.2) is 0 Å². The summed E-state index contributed by atoms with van der Waals surface area (Å²) in [6, 6.07) is 3.55. The molecule has 0 bridgehead atoms. The first-order chi connectivity index (χ1) is 18.3. The highest BCUT2D eigenvalue weighted by atomic mass is 16.7. The Morgan fingerprint density at radius 2 is 1.92 bits per heavy atom. The third kappa shape index (κ3) is 7.81. The van der Waals surface area contributed by atoms with E-state index in [9.17, 15) is 25.2 Å². The van der Waals surface area contributed by atoms with Gasteiger partial charge in [-0.3, -0.25) is 4.79 Å². The zero-order chi connectivity index (χ0) is 27.7. The first-order valence-electron chi connectivity index (χ1n) is 13.3. The van der Waals surface area contributed by atoms with E-state index < -0.39 is 37.3 Å². The van der Waals surface area contributed by atoms with Gasteiger partial charge < -0.3 is 49.1 Å². The minimum atomic E-state index is -1.62. The fourth-order valence-electron chi connectivity index (χ4n) is 4.30.